The number of hydrogen-bond donors (Lipinski definition) is 2. The lowest BCUT2D eigenvalue weighted by Gasteiger charge is -2.31. The number of nitrogens with zero attached hydrogens (tertiary/aromatic N) is 2. The molecule has 2 N–H and O–H groups in total. The summed E-state index contributed by atoms with van der Waals surface area (Å²) in [6.45, 7) is 2.33. The fourth-order valence-corrected chi connectivity index (χ4v) is 2.97. The Bertz CT molecular complexity index is 667. The maximum Gasteiger partial charge on any atom is 0.253 e. The number of benzene rings is 1. The molecule has 5 heteroatoms. The van der Waals surface area contributed by atoms with Gasteiger partial charge in [0.15, 0.2) is 0 Å². The van der Waals surface area contributed by atoms with E-state index in [9.17, 15) is 9.90 Å². The lowest BCUT2D eigenvalue weighted by molar-refractivity contribution is 0.0651. The summed E-state index contributed by atoms with van der Waals surface area (Å²) in [6.07, 6.45) is 5.33. The molecule has 0 bridgehead atoms. The number of piperidine rings is 1. The van der Waals surface area contributed by atoms with Gasteiger partial charge in [0.2, 0.25) is 0 Å². The molecule has 1 aliphatic rings. The van der Waals surface area contributed by atoms with Gasteiger partial charge in [-0.2, -0.15) is 0 Å². The fourth-order valence-electron chi connectivity index (χ4n) is 2.97. The molecule has 5 nitrogen and oxygen atoms in total. The van der Waals surface area contributed by atoms with Gasteiger partial charge in [0.1, 0.15) is 0 Å². The van der Waals surface area contributed by atoms with Crippen LogP contribution < -0.4 is 5.32 Å². The maximum absolute atomic E-state index is 12.6. The monoisotopic (exact) mass is 325 g/mol. The SMILES string of the molecule is O=C(c1cccc(NCc2cccnc2)c1)N1CCC(CO)CC1. The number of likely N-dealkylation sites (tertiary alicyclic amines) is 1. The topological polar surface area (TPSA) is 65.5 Å². The molecule has 126 valence electrons. The van der Waals surface area contributed by atoms with Crippen molar-refractivity contribution in [3.63, 3.8) is 0 Å². The molecule has 2 aromatic rings. The number of hydrogen-bond acceptors (Lipinski definition) is 4. The van der Waals surface area contributed by atoms with Crippen LogP contribution in [0.15, 0.2) is 48.8 Å². The molecule has 1 aromatic heterocycles. The van der Waals surface area contributed by atoms with E-state index in [2.05, 4.69) is 10.3 Å². The van der Waals surface area contributed by atoms with Gasteiger partial charge in [-0.3, -0.25) is 9.78 Å². The number of aliphatic hydroxyl groups excluding tert-OH is 1. The average molecular weight is 325 g/mol. The molecule has 0 radical (unpaired) electrons. The van der Waals surface area contributed by atoms with E-state index in [4.69, 9.17) is 0 Å². The van der Waals surface area contributed by atoms with Crippen molar-refractivity contribution in [2.75, 3.05) is 25.0 Å². The summed E-state index contributed by atoms with van der Waals surface area (Å²) < 4.78 is 0. The standard InChI is InChI=1S/C19H23N3O2/c23-14-15-6-9-22(10-7-15)19(24)17-4-1-5-18(11-17)21-13-16-3-2-8-20-12-16/h1-5,8,11-12,15,21,23H,6-7,9-10,13-14H2. The summed E-state index contributed by atoms with van der Waals surface area (Å²) in [5.74, 6) is 0.401. The van der Waals surface area contributed by atoms with Gasteiger partial charge in [-0.15, -0.1) is 0 Å². The lowest BCUT2D eigenvalue weighted by Crippen LogP contribution is -2.39. The predicted octanol–water partition coefficient (Wildman–Crippen LogP) is 2.54. The molecule has 1 saturated heterocycles. The summed E-state index contributed by atoms with van der Waals surface area (Å²) in [5.41, 5.74) is 2.73. The first kappa shape index (κ1) is 16.5. The smallest absolute Gasteiger partial charge is 0.253 e. The lowest BCUT2D eigenvalue weighted by atomic mass is 9.97. The first-order valence-corrected chi connectivity index (χ1v) is 8.39. The third kappa shape index (κ3) is 4.11. The van der Waals surface area contributed by atoms with E-state index >= 15 is 0 Å². The molecule has 1 amide bonds. The minimum Gasteiger partial charge on any atom is -0.396 e. The van der Waals surface area contributed by atoms with E-state index in [-0.39, 0.29) is 12.5 Å². The summed E-state index contributed by atoms with van der Waals surface area (Å²) in [4.78, 5) is 18.6. The molecule has 0 saturated carbocycles. The highest BCUT2D eigenvalue weighted by Crippen LogP contribution is 2.20. The number of aromatic nitrogens is 1. The number of aliphatic hydroxyl groups is 1. The Balaban J connectivity index is 1.61. The van der Waals surface area contributed by atoms with Crippen LogP contribution in [0.5, 0.6) is 0 Å². The van der Waals surface area contributed by atoms with Crippen molar-refractivity contribution in [1.29, 1.82) is 0 Å². The zero-order valence-corrected chi connectivity index (χ0v) is 13.7. The number of carbonyl (C=O) groups excluding carboxylic acids is 1. The number of rotatable bonds is 5. The van der Waals surface area contributed by atoms with Crippen molar-refractivity contribution < 1.29 is 9.90 Å². The van der Waals surface area contributed by atoms with E-state index in [0.29, 0.717) is 18.0 Å². The molecule has 1 aliphatic heterocycles. The first-order valence-electron chi connectivity index (χ1n) is 8.39. The van der Waals surface area contributed by atoms with Gasteiger partial charge in [0.05, 0.1) is 0 Å². The van der Waals surface area contributed by atoms with Crippen molar-refractivity contribution in [3.8, 4) is 0 Å². The van der Waals surface area contributed by atoms with Crippen LogP contribution in [-0.4, -0.2) is 40.6 Å². The first-order chi connectivity index (χ1) is 11.8. The van der Waals surface area contributed by atoms with Crippen LogP contribution in [-0.2, 0) is 6.54 Å². The molecule has 0 aliphatic carbocycles. The van der Waals surface area contributed by atoms with Crippen LogP contribution in [0.1, 0.15) is 28.8 Å². The molecular formula is C19H23N3O2. The number of pyridine rings is 1. The van der Waals surface area contributed by atoms with Crippen molar-refractivity contribution >= 4 is 11.6 Å². The van der Waals surface area contributed by atoms with Crippen LogP contribution in [0.2, 0.25) is 0 Å². The Labute approximate surface area is 142 Å². The van der Waals surface area contributed by atoms with Crippen LogP contribution in [0.4, 0.5) is 5.69 Å². The van der Waals surface area contributed by atoms with Gasteiger partial charge in [0.25, 0.3) is 5.91 Å². The van der Waals surface area contributed by atoms with Crippen LogP contribution >= 0.6 is 0 Å². The second kappa shape index (κ2) is 7.93. The zero-order valence-electron chi connectivity index (χ0n) is 13.7. The molecule has 0 unspecified atom stereocenters. The van der Waals surface area contributed by atoms with Gasteiger partial charge in [-0.1, -0.05) is 12.1 Å². The van der Waals surface area contributed by atoms with E-state index in [1.54, 1.807) is 6.20 Å². The number of carbonyl (C=O) groups is 1. The fraction of sp³-hybridized carbons (Fsp3) is 0.368. The molecule has 3 rings (SSSR count). The van der Waals surface area contributed by atoms with Crippen molar-refractivity contribution in [1.82, 2.24) is 9.88 Å². The Morgan fingerprint density at radius 1 is 1.25 bits per heavy atom. The molecule has 0 atom stereocenters. The summed E-state index contributed by atoms with van der Waals surface area (Å²) in [6, 6.07) is 11.5. The summed E-state index contributed by atoms with van der Waals surface area (Å²) in [5, 5.41) is 12.5. The number of nitrogens with one attached hydrogen (secondary N) is 1. The molecular weight excluding hydrogens is 302 g/mol. The molecule has 1 aromatic carbocycles. The molecule has 1 fully saturated rings. The number of amides is 1. The molecule has 24 heavy (non-hydrogen) atoms. The third-order valence-electron chi connectivity index (χ3n) is 4.49. The van der Waals surface area contributed by atoms with Gasteiger partial charge < -0.3 is 15.3 Å². The Morgan fingerprint density at radius 2 is 2.08 bits per heavy atom. The van der Waals surface area contributed by atoms with Crippen molar-refractivity contribution in [2.24, 2.45) is 5.92 Å². The van der Waals surface area contributed by atoms with Crippen LogP contribution in [0, 0.1) is 5.92 Å². The van der Waals surface area contributed by atoms with Gasteiger partial charge >= 0.3 is 0 Å². The average Bonchev–Trinajstić information content (AvgIpc) is 2.67. The summed E-state index contributed by atoms with van der Waals surface area (Å²) in [7, 11) is 0. The largest absolute Gasteiger partial charge is 0.396 e. The minimum absolute atomic E-state index is 0.0661. The van der Waals surface area contributed by atoms with Gasteiger partial charge in [-0.05, 0) is 48.6 Å². The van der Waals surface area contributed by atoms with Gasteiger partial charge in [-0.25, -0.2) is 0 Å². The highest BCUT2D eigenvalue weighted by atomic mass is 16.3. The number of anilines is 1. The van der Waals surface area contributed by atoms with Crippen LogP contribution in [0.3, 0.4) is 0 Å². The minimum atomic E-state index is 0.0661. The van der Waals surface area contributed by atoms with E-state index in [0.717, 1.165) is 37.2 Å². The second-order valence-electron chi connectivity index (χ2n) is 6.21. The predicted molar refractivity (Wildman–Crippen MR) is 93.7 cm³/mol. The van der Waals surface area contributed by atoms with Gasteiger partial charge in [0, 0.05) is 49.9 Å². The van der Waals surface area contributed by atoms with E-state index in [1.807, 2.05) is 47.5 Å². The molecule has 0 spiro atoms. The maximum atomic E-state index is 12.6. The van der Waals surface area contributed by atoms with E-state index in [1.165, 1.54) is 0 Å². The van der Waals surface area contributed by atoms with Crippen molar-refractivity contribution in [3.05, 3.63) is 59.9 Å². The van der Waals surface area contributed by atoms with Crippen molar-refractivity contribution in [2.45, 2.75) is 19.4 Å². The highest BCUT2D eigenvalue weighted by molar-refractivity contribution is 5.95. The second-order valence-corrected chi connectivity index (χ2v) is 6.21. The third-order valence-corrected chi connectivity index (χ3v) is 4.49. The zero-order chi connectivity index (χ0) is 16.8. The quantitative estimate of drug-likeness (QED) is 0.887. The van der Waals surface area contributed by atoms with E-state index < -0.39 is 0 Å². The Hall–Kier alpha value is -2.40. The highest BCUT2D eigenvalue weighted by Gasteiger charge is 2.23. The Morgan fingerprint density at radius 3 is 2.79 bits per heavy atom. The molecule has 2 heterocycles. The van der Waals surface area contributed by atoms with Crippen LogP contribution in [0.25, 0.3) is 0 Å². The Kier molecular flexibility index (Phi) is 5.43. The normalized spacial score (nSPS) is 15.3. The summed E-state index contributed by atoms with van der Waals surface area (Å²) >= 11 is 0.